The normalized spacial score (nSPS) is 14.9. The van der Waals surface area contributed by atoms with Gasteiger partial charge >= 0.3 is 12.6 Å². The third-order valence-corrected chi connectivity index (χ3v) is 5.55. The fourth-order valence-corrected chi connectivity index (χ4v) is 4.10. The molecule has 2 heterocycles. The van der Waals surface area contributed by atoms with Crippen LogP contribution < -0.4 is 9.47 Å². The van der Waals surface area contributed by atoms with Crippen LogP contribution in [0.25, 0.3) is 6.08 Å². The van der Waals surface area contributed by atoms with E-state index >= 15 is 0 Å². The summed E-state index contributed by atoms with van der Waals surface area (Å²) in [6.45, 7) is 0.699. The van der Waals surface area contributed by atoms with Gasteiger partial charge in [-0.25, -0.2) is 0 Å². The number of ether oxygens (including phenoxy) is 2. The van der Waals surface area contributed by atoms with Crippen LogP contribution in [-0.2, 0) is 4.79 Å². The maximum absolute atomic E-state index is 13.1. The molecule has 1 aliphatic heterocycles. The molecule has 4 rings (SSSR count). The molecule has 0 aliphatic carbocycles. The lowest BCUT2D eigenvalue weighted by atomic mass is 9.89. The van der Waals surface area contributed by atoms with Crippen LogP contribution in [0.4, 0.5) is 8.78 Å². The number of carbonyl (C=O) groups excluding carboxylic acids is 1. The van der Waals surface area contributed by atoms with Crippen LogP contribution in [0.2, 0.25) is 0 Å². The first kappa shape index (κ1) is 23.9. The molecule has 0 radical (unpaired) electrons. The van der Waals surface area contributed by atoms with Crippen LogP contribution in [0.15, 0.2) is 54.4 Å². The van der Waals surface area contributed by atoms with Crippen molar-refractivity contribution < 1.29 is 38.1 Å². The number of para-hydroxylation sites is 1. The van der Waals surface area contributed by atoms with E-state index in [1.165, 1.54) is 42.6 Å². The van der Waals surface area contributed by atoms with E-state index in [2.05, 4.69) is 9.84 Å². The molecule has 0 saturated carbocycles. The second-order valence-corrected chi connectivity index (χ2v) is 8.18. The quantitative estimate of drug-likeness (QED) is 0.433. The topological polar surface area (TPSA) is 111 Å². The van der Waals surface area contributed by atoms with Crippen molar-refractivity contribution in [3.05, 3.63) is 76.8 Å². The molecular weight excluding hydrogens is 462 g/mol. The number of aromatic hydroxyl groups is 1. The van der Waals surface area contributed by atoms with Crippen molar-refractivity contribution in [1.82, 2.24) is 9.78 Å². The van der Waals surface area contributed by atoms with Crippen molar-refractivity contribution in [2.45, 2.75) is 38.8 Å². The van der Waals surface area contributed by atoms with Gasteiger partial charge in [0.15, 0.2) is 5.76 Å². The fourth-order valence-electron chi connectivity index (χ4n) is 4.10. The molecule has 0 fully saturated rings. The van der Waals surface area contributed by atoms with E-state index in [4.69, 9.17) is 4.74 Å². The number of phenolic OH excluding ortho intramolecular Hbond substituents is 1. The summed E-state index contributed by atoms with van der Waals surface area (Å²) in [4.78, 5) is 24.9. The van der Waals surface area contributed by atoms with Crippen molar-refractivity contribution in [1.29, 1.82) is 0 Å². The smallest absolute Gasteiger partial charge is 0.387 e. The largest absolute Gasteiger partial charge is 0.508 e. The highest BCUT2D eigenvalue weighted by atomic mass is 19.3. The zero-order chi connectivity index (χ0) is 25.3. The van der Waals surface area contributed by atoms with Gasteiger partial charge in [-0.15, -0.1) is 0 Å². The molecule has 0 spiro atoms. The van der Waals surface area contributed by atoms with E-state index in [9.17, 15) is 28.6 Å². The molecule has 1 aromatic heterocycles. The number of hydrogen-bond acceptors (Lipinski definition) is 6. The van der Waals surface area contributed by atoms with Crippen LogP contribution >= 0.6 is 0 Å². The molecule has 35 heavy (non-hydrogen) atoms. The summed E-state index contributed by atoms with van der Waals surface area (Å²) >= 11 is 0. The first-order valence-corrected chi connectivity index (χ1v) is 10.8. The minimum absolute atomic E-state index is 0.0104. The molecule has 2 N–H and O–H groups in total. The molecule has 1 aliphatic rings. The van der Waals surface area contributed by atoms with Crippen LogP contribution in [0.1, 0.15) is 59.4 Å². The van der Waals surface area contributed by atoms with Gasteiger partial charge < -0.3 is 19.7 Å². The monoisotopic (exact) mass is 484 g/mol. The lowest BCUT2D eigenvalue weighted by Gasteiger charge is -2.22. The molecule has 0 saturated heterocycles. The van der Waals surface area contributed by atoms with E-state index < -0.39 is 30.7 Å². The van der Waals surface area contributed by atoms with E-state index in [1.807, 2.05) is 13.8 Å². The SMILES string of the molecule is CC(C)n1nccc1C(CC(=O)O)c1c(O)ccc2c1OC(=Cc1ccccc1OC(F)F)C2=O. The van der Waals surface area contributed by atoms with Gasteiger partial charge in [0.2, 0.25) is 5.78 Å². The Kier molecular flexibility index (Phi) is 6.54. The van der Waals surface area contributed by atoms with Crippen molar-refractivity contribution >= 4 is 17.8 Å². The first-order valence-electron chi connectivity index (χ1n) is 10.8. The van der Waals surface area contributed by atoms with Crippen LogP contribution in [0.5, 0.6) is 17.2 Å². The van der Waals surface area contributed by atoms with E-state index in [-0.39, 0.29) is 45.7 Å². The number of rotatable bonds is 8. The number of aromatic nitrogens is 2. The van der Waals surface area contributed by atoms with Gasteiger partial charge in [0.25, 0.3) is 0 Å². The minimum atomic E-state index is -3.06. The van der Waals surface area contributed by atoms with Crippen LogP contribution in [0.3, 0.4) is 0 Å². The Bertz CT molecular complexity index is 1320. The number of nitrogens with zero attached hydrogens (tertiary/aromatic N) is 2. The maximum atomic E-state index is 13.1. The number of alkyl halides is 2. The van der Waals surface area contributed by atoms with Gasteiger partial charge in [0.05, 0.1) is 12.0 Å². The van der Waals surface area contributed by atoms with Crippen molar-refractivity contribution in [2.75, 3.05) is 0 Å². The molecule has 3 aromatic rings. The summed E-state index contributed by atoms with van der Waals surface area (Å²) in [6.07, 6.45) is 2.40. The number of phenols is 1. The van der Waals surface area contributed by atoms with Gasteiger partial charge in [-0.3, -0.25) is 14.3 Å². The van der Waals surface area contributed by atoms with Gasteiger partial charge in [0, 0.05) is 35.0 Å². The Morgan fingerprint density at radius 3 is 2.63 bits per heavy atom. The number of benzene rings is 2. The average Bonchev–Trinajstić information content (AvgIpc) is 3.39. The number of carboxylic acid groups (broad SMARTS) is 1. The van der Waals surface area contributed by atoms with Gasteiger partial charge in [-0.05, 0) is 44.2 Å². The van der Waals surface area contributed by atoms with Crippen molar-refractivity contribution in [2.24, 2.45) is 0 Å². The zero-order valence-corrected chi connectivity index (χ0v) is 18.8. The third kappa shape index (κ3) is 4.72. The summed E-state index contributed by atoms with van der Waals surface area (Å²) in [7, 11) is 0. The summed E-state index contributed by atoms with van der Waals surface area (Å²) in [5.41, 5.74) is 0.952. The predicted molar refractivity (Wildman–Crippen MR) is 121 cm³/mol. The Morgan fingerprint density at radius 1 is 1.20 bits per heavy atom. The van der Waals surface area contributed by atoms with E-state index in [1.54, 1.807) is 16.8 Å². The summed E-state index contributed by atoms with van der Waals surface area (Å²) in [5.74, 6) is -3.10. The van der Waals surface area contributed by atoms with Crippen molar-refractivity contribution in [3.63, 3.8) is 0 Å². The summed E-state index contributed by atoms with van der Waals surface area (Å²) in [5, 5.41) is 24.6. The number of ketones is 1. The first-order chi connectivity index (χ1) is 16.7. The Balaban J connectivity index is 1.82. The van der Waals surface area contributed by atoms with Gasteiger partial charge in [-0.2, -0.15) is 13.9 Å². The van der Waals surface area contributed by atoms with Crippen LogP contribution in [-0.4, -0.2) is 38.4 Å². The number of aliphatic carboxylic acids is 1. The Labute approximate surface area is 199 Å². The second-order valence-electron chi connectivity index (χ2n) is 8.18. The van der Waals surface area contributed by atoms with E-state index in [0.717, 1.165) is 0 Å². The maximum Gasteiger partial charge on any atom is 0.387 e. The highest BCUT2D eigenvalue weighted by Gasteiger charge is 2.36. The molecule has 8 nitrogen and oxygen atoms in total. The standard InChI is InChI=1S/C25H22F2N2O6/c1-13(2)29-17(9-10-28-29)16(12-21(31)32)22-18(30)8-7-15-23(33)20(34-24(15)22)11-14-5-3-4-6-19(14)35-25(26)27/h3-11,13,16,25,30H,12H2,1-2H3,(H,31,32). The Hall–Kier alpha value is -4.21. The molecule has 2 aromatic carbocycles. The number of hydrogen-bond donors (Lipinski definition) is 2. The molecule has 1 unspecified atom stereocenters. The number of allylic oxidation sites excluding steroid dienone is 1. The zero-order valence-electron chi connectivity index (χ0n) is 18.8. The number of Topliss-reactive ketones (excluding diaryl/α,β-unsaturated/α-hetero) is 1. The summed E-state index contributed by atoms with van der Waals surface area (Å²) < 4.78 is 37.6. The fraction of sp³-hybridized carbons (Fsp3) is 0.240. The highest BCUT2D eigenvalue weighted by molar-refractivity contribution is 6.15. The lowest BCUT2D eigenvalue weighted by Crippen LogP contribution is -2.16. The second kappa shape index (κ2) is 9.57. The molecule has 182 valence electrons. The number of fused-ring (bicyclic) bond motifs is 1. The molecule has 1 atom stereocenters. The lowest BCUT2D eigenvalue weighted by molar-refractivity contribution is -0.137. The summed E-state index contributed by atoms with van der Waals surface area (Å²) in [6, 6.07) is 10.1. The predicted octanol–water partition coefficient (Wildman–Crippen LogP) is 4.99. The van der Waals surface area contributed by atoms with Crippen molar-refractivity contribution in [3.8, 4) is 17.2 Å². The van der Waals surface area contributed by atoms with Gasteiger partial charge in [0.1, 0.15) is 17.2 Å². The van der Waals surface area contributed by atoms with E-state index in [0.29, 0.717) is 5.69 Å². The average molecular weight is 484 g/mol. The van der Waals surface area contributed by atoms with Crippen LogP contribution in [0, 0.1) is 0 Å². The number of halogens is 2. The Morgan fingerprint density at radius 2 is 1.94 bits per heavy atom. The molecule has 0 amide bonds. The molecular formula is C25H22F2N2O6. The highest BCUT2D eigenvalue weighted by Crippen LogP contribution is 2.46. The number of carbonyl (C=O) groups is 2. The minimum Gasteiger partial charge on any atom is -0.508 e. The third-order valence-electron chi connectivity index (χ3n) is 5.55. The number of carboxylic acids is 1. The molecule has 10 heteroatoms. The van der Waals surface area contributed by atoms with Gasteiger partial charge in [-0.1, -0.05) is 18.2 Å². The molecule has 0 bridgehead atoms.